The summed E-state index contributed by atoms with van der Waals surface area (Å²) in [5.41, 5.74) is 1.66. The highest BCUT2D eigenvalue weighted by molar-refractivity contribution is 7.98. The zero-order chi connectivity index (χ0) is 9.52. The highest BCUT2D eigenvalue weighted by Gasteiger charge is 1.99. The molecule has 0 amide bonds. The molecule has 13 heavy (non-hydrogen) atoms. The van der Waals surface area contributed by atoms with Crippen LogP contribution in [0.1, 0.15) is 15.9 Å². The third-order valence-electron chi connectivity index (χ3n) is 1.64. The molecule has 0 atom stereocenters. The van der Waals surface area contributed by atoms with E-state index in [1.807, 2.05) is 24.5 Å². The maximum atomic E-state index is 10.6. The van der Waals surface area contributed by atoms with Crippen LogP contribution in [0.3, 0.4) is 0 Å². The van der Waals surface area contributed by atoms with Crippen molar-refractivity contribution in [3.05, 3.63) is 35.4 Å². The quantitative estimate of drug-likeness (QED) is 0.411. The lowest BCUT2D eigenvalue weighted by Crippen LogP contribution is -1.96. The van der Waals surface area contributed by atoms with E-state index < -0.39 is 0 Å². The molecule has 0 radical (unpaired) electrons. The lowest BCUT2D eigenvalue weighted by Gasteiger charge is -2.04. The largest absolute Gasteiger partial charge is 0.366 e. The zero-order valence-electron chi connectivity index (χ0n) is 7.53. The van der Waals surface area contributed by atoms with Gasteiger partial charge in [-0.3, -0.25) is 4.79 Å². The van der Waals surface area contributed by atoms with E-state index in [2.05, 4.69) is 0 Å². The van der Waals surface area contributed by atoms with Crippen molar-refractivity contribution in [1.29, 1.82) is 0 Å². The fraction of sp³-hybridized carbons (Fsp3) is 0.300. The molecule has 0 aliphatic carbocycles. The number of aldehydes is 1. The van der Waals surface area contributed by atoms with Crippen molar-refractivity contribution in [2.45, 2.75) is 6.61 Å². The molecule has 0 saturated carbocycles. The van der Waals surface area contributed by atoms with E-state index in [1.165, 1.54) is 0 Å². The fourth-order valence-corrected chi connectivity index (χ4v) is 1.27. The normalized spacial score (nSPS) is 9.92. The van der Waals surface area contributed by atoms with Gasteiger partial charge in [-0.15, -0.1) is 11.8 Å². The summed E-state index contributed by atoms with van der Waals surface area (Å²) in [6.07, 6.45) is 2.84. The summed E-state index contributed by atoms with van der Waals surface area (Å²) in [5, 5.41) is 0. The van der Waals surface area contributed by atoms with Crippen LogP contribution >= 0.6 is 11.8 Å². The lowest BCUT2D eigenvalue weighted by molar-refractivity contribution is 0.111. The second kappa shape index (κ2) is 5.78. The van der Waals surface area contributed by atoms with Crippen LogP contribution < -0.4 is 0 Å². The average molecular weight is 196 g/mol. The minimum atomic E-state index is 0.510. The first-order valence-electron chi connectivity index (χ1n) is 3.98. The molecule has 1 rings (SSSR count). The van der Waals surface area contributed by atoms with Crippen LogP contribution in [0.4, 0.5) is 0 Å². The van der Waals surface area contributed by atoms with Gasteiger partial charge in [0.05, 0.1) is 12.5 Å². The molecule has 1 aromatic rings. The number of rotatable bonds is 5. The summed E-state index contributed by atoms with van der Waals surface area (Å²) in [6.45, 7) is 0.510. The average Bonchev–Trinajstić information content (AvgIpc) is 2.19. The first kappa shape index (κ1) is 10.3. The van der Waals surface area contributed by atoms with Gasteiger partial charge in [0.15, 0.2) is 0 Å². The molecule has 0 aliphatic heterocycles. The molecule has 0 aliphatic rings. The van der Waals surface area contributed by atoms with Crippen molar-refractivity contribution in [2.75, 3.05) is 12.2 Å². The van der Waals surface area contributed by atoms with E-state index >= 15 is 0 Å². The molecule has 0 spiro atoms. The second-order valence-corrected chi connectivity index (χ2v) is 3.38. The molecule has 0 fully saturated rings. The summed E-state index contributed by atoms with van der Waals surface area (Å²) < 4.78 is 5.32. The molecule has 0 N–H and O–H groups in total. The Morgan fingerprint density at radius 2 is 2.23 bits per heavy atom. The Balaban J connectivity index is 2.59. The maximum absolute atomic E-state index is 10.6. The van der Waals surface area contributed by atoms with E-state index in [4.69, 9.17) is 4.74 Å². The summed E-state index contributed by atoms with van der Waals surface area (Å²) in [6, 6.07) is 7.46. The lowest BCUT2D eigenvalue weighted by atomic mass is 10.1. The standard InChI is InChI=1S/C10H12O2S/c1-13-8-12-7-10-5-3-2-4-9(10)6-11/h2-6H,7-8H2,1H3. The van der Waals surface area contributed by atoms with E-state index in [9.17, 15) is 4.79 Å². The van der Waals surface area contributed by atoms with Gasteiger partial charge in [-0.25, -0.2) is 0 Å². The third kappa shape index (κ3) is 3.20. The number of benzene rings is 1. The number of thioether (sulfide) groups is 1. The van der Waals surface area contributed by atoms with Crippen molar-refractivity contribution in [2.24, 2.45) is 0 Å². The molecule has 70 valence electrons. The highest BCUT2D eigenvalue weighted by Crippen LogP contribution is 2.08. The Labute approximate surface area is 82.3 Å². The Kier molecular flexibility index (Phi) is 4.57. The smallest absolute Gasteiger partial charge is 0.150 e. The van der Waals surface area contributed by atoms with Crippen molar-refractivity contribution >= 4 is 18.0 Å². The molecule has 0 bridgehead atoms. The van der Waals surface area contributed by atoms with Gasteiger partial charge in [-0.1, -0.05) is 24.3 Å². The first-order chi connectivity index (χ1) is 6.38. The van der Waals surface area contributed by atoms with Crippen molar-refractivity contribution in [3.8, 4) is 0 Å². The highest BCUT2D eigenvalue weighted by atomic mass is 32.2. The first-order valence-corrected chi connectivity index (χ1v) is 5.37. The molecule has 0 heterocycles. The number of carbonyl (C=O) groups is 1. The van der Waals surface area contributed by atoms with Crippen molar-refractivity contribution in [1.82, 2.24) is 0 Å². The Bertz CT molecular complexity index is 273. The van der Waals surface area contributed by atoms with E-state index in [0.29, 0.717) is 18.1 Å². The number of hydrogen-bond acceptors (Lipinski definition) is 3. The van der Waals surface area contributed by atoms with Crippen molar-refractivity contribution in [3.63, 3.8) is 0 Å². The Morgan fingerprint density at radius 1 is 1.46 bits per heavy atom. The van der Waals surface area contributed by atoms with Gasteiger partial charge in [-0.2, -0.15) is 0 Å². The van der Waals surface area contributed by atoms with Gasteiger partial charge >= 0.3 is 0 Å². The molecule has 2 nitrogen and oxygen atoms in total. The van der Waals surface area contributed by atoms with Crippen molar-refractivity contribution < 1.29 is 9.53 Å². The number of hydrogen-bond donors (Lipinski definition) is 0. The summed E-state index contributed by atoms with van der Waals surface area (Å²) in [4.78, 5) is 10.6. The van der Waals surface area contributed by atoms with Gasteiger partial charge in [-0.05, 0) is 11.8 Å². The third-order valence-corrected chi connectivity index (χ3v) is 2.04. The molecular formula is C10H12O2S. The number of ether oxygens (including phenoxy) is 1. The van der Waals surface area contributed by atoms with Crippen LogP contribution in [-0.2, 0) is 11.3 Å². The van der Waals surface area contributed by atoms with E-state index in [0.717, 1.165) is 11.8 Å². The Hall–Kier alpha value is -0.800. The number of carbonyl (C=O) groups excluding carboxylic acids is 1. The van der Waals surface area contributed by atoms with E-state index in [1.54, 1.807) is 17.8 Å². The minimum absolute atomic E-state index is 0.510. The molecule has 3 heteroatoms. The summed E-state index contributed by atoms with van der Waals surface area (Å²) in [5.74, 6) is 0.660. The molecule has 0 saturated heterocycles. The minimum Gasteiger partial charge on any atom is -0.366 e. The predicted molar refractivity (Wildman–Crippen MR) is 55.0 cm³/mol. The van der Waals surface area contributed by atoms with Crippen LogP contribution in [0.2, 0.25) is 0 Å². The van der Waals surface area contributed by atoms with Crippen LogP contribution in [0.5, 0.6) is 0 Å². The topological polar surface area (TPSA) is 26.3 Å². The van der Waals surface area contributed by atoms with Gasteiger partial charge in [0.1, 0.15) is 6.29 Å². The van der Waals surface area contributed by atoms with Crippen LogP contribution in [0.15, 0.2) is 24.3 Å². The molecule has 0 unspecified atom stereocenters. The molecule has 0 aromatic heterocycles. The van der Waals surface area contributed by atoms with E-state index in [-0.39, 0.29) is 0 Å². The van der Waals surface area contributed by atoms with Gasteiger partial charge in [0.25, 0.3) is 0 Å². The monoisotopic (exact) mass is 196 g/mol. The molecular weight excluding hydrogens is 184 g/mol. The van der Waals surface area contributed by atoms with Crippen LogP contribution in [0, 0.1) is 0 Å². The SMILES string of the molecule is CSCOCc1ccccc1C=O. The second-order valence-electron chi connectivity index (χ2n) is 2.57. The van der Waals surface area contributed by atoms with Gasteiger partial charge < -0.3 is 4.74 Å². The predicted octanol–water partition coefficient (Wildman–Crippen LogP) is 2.34. The maximum Gasteiger partial charge on any atom is 0.150 e. The molecule has 1 aromatic carbocycles. The van der Waals surface area contributed by atoms with Crippen LogP contribution in [-0.4, -0.2) is 18.5 Å². The summed E-state index contributed by atoms with van der Waals surface area (Å²) in [7, 11) is 0. The van der Waals surface area contributed by atoms with Gasteiger partial charge in [0, 0.05) is 5.56 Å². The van der Waals surface area contributed by atoms with Crippen LogP contribution in [0.25, 0.3) is 0 Å². The van der Waals surface area contributed by atoms with Gasteiger partial charge in [0.2, 0.25) is 0 Å². The fourth-order valence-electron chi connectivity index (χ4n) is 1.02. The summed E-state index contributed by atoms with van der Waals surface area (Å²) >= 11 is 1.62. The zero-order valence-corrected chi connectivity index (χ0v) is 8.34. The Morgan fingerprint density at radius 3 is 2.92 bits per heavy atom.